The Bertz CT molecular complexity index is 125. The van der Waals surface area contributed by atoms with E-state index in [0.717, 1.165) is 5.54 Å². The summed E-state index contributed by atoms with van der Waals surface area (Å²) in [5.74, 6) is -0.751. The Morgan fingerprint density at radius 3 is 2.10 bits per heavy atom. The molecular formula is C6H11ClFNO. The summed E-state index contributed by atoms with van der Waals surface area (Å²) in [6, 6.07) is 0. The van der Waals surface area contributed by atoms with E-state index >= 15 is 0 Å². The molecule has 60 valence electrons. The van der Waals surface area contributed by atoms with Crippen LogP contribution in [0.4, 0.5) is 4.48 Å². The number of hydrogen-bond donors (Lipinski definition) is 1. The Morgan fingerprint density at radius 2 is 2.00 bits per heavy atom. The van der Waals surface area contributed by atoms with Crippen molar-refractivity contribution in [3.8, 4) is 0 Å². The summed E-state index contributed by atoms with van der Waals surface area (Å²) in [5.41, 5.74) is 1.04. The first kappa shape index (κ1) is 9.69. The monoisotopic (exact) mass is 167 g/mol. The molecule has 0 aromatic heterocycles. The molecule has 0 unspecified atom stereocenters. The van der Waals surface area contributed by atoms with E-state index in [9.17, 15) is 9.28 Å². The molecule has 0 atom stereocenters. The standard InChI is InChI=1S/C6H11ClFNO/c1-3-6(7,4-2)5(10)9-8/h3-4H2,1-2H3,(H,9,10). The van der Waals surface area contributed by atoms with Gasteiger partial charge in [-0.3, -0.25) is 4.79 Å². The van der Waals surface area contributed by atoms with Crippen LogP contribution < -0.4 is 5.54 Å². The molecule has 0 aliphatic heterocycles. The number of hydrogen-bond acceptors (Lipinski definition) is 1. The molecule has 0 spiro atoms. The van der Waals surface area contributed by atoms with Crippen LogP contribution >= 0.6 is 11.6 Å². The van der Waals surface area contributed by atoms with Gasteiger partial charge >= 0.3 is 0 Å². The zero-order valence-electron chi connectivity index (χ0n) is 6.08. The molecule has 0 heterocycles. The van der Waals surface area contributed by atoms with Crippen molar-refractivity contribution in [1.29, 1.82) is 0 Å². The van der Waals surface area contributed by atoms with Gasteiger partial charge in [0.2, 0.25) is 0 Å². The minimum atomic E-state index is -1.06. The number of nitrogens with one attached hydrogen (secondary N) is 1. The molecule has 0 aliphatic carbocycles. The maximum absolute atomic E-state index is 11.6. The van der Waals surface area contributed by atoms with Gasteiger partial charge in [0.25, 0.3) is 5.91 Å². The second kappa shape index (κ2) is 3.76. The van der Waals surface area contributed by atoms with Crippen LogP contribution in [0, 0.1) is 0 Å². The maximum atomic E-state index is 11.6. The number of halogens is 2. The molecule has 1 N–H and O–H groups in total. The molecule has 1 amide bonds. The van der Waals surface area contributed by atoms with Crippen LogP contribution in [0.15, 0.2) is 0 Å². The minimum absolute atomic E-state index is 0.431. The van der Waals surface area contributed by atoms with Crippen LogP contribution in [-0.4, -0.2) is 10.8 Å². The average molecular weight is 168 g/mol. The third-order valence-electron chi connectivity index (χ3n) is 1.61. The Hall–Kier alpha value is -0.310. The Morgan fingerprint density at radius 1 is 1.60 bits per heavy atom. The molecule has 0 bridgehead atoms. The van der Waals surface area contributed by atoms with Crippen molar-refractivity contribution in [3.05, 3.63) is 0 Å². The van der Waals surface area contributed by atoms with Gasteiger partial charge < -0.3 is 0 Å². The first-order chi connectivity index (χ1) is 4.60. The van der Waals surface area contributed by atoms with Gasteiger partial charge in [-0.1, -0.05) is 13.8 Å². The quantitative estimate of drug-likeness (QED) is 0.504. The summed E-state index contributed by atoms with van der Waals surface area (Å²) >= 11 is 5.71. The predicted octanol–water partition coefficient (Wildman–Crippen LogP) is 1.78. The molecule has 2 nitrogen and oxygen atoms in total. The van der Waals surface area contributed by atoms with Crippen molar-refractivity contribution in [2.45, 2.75) is 31.6 Å². The molecule has 0 fully saturated rings. The summed E-state index contributed by atoms with van der Waals surface area (Å²) < 4.78 is 11.6. The normalized spacial score (nSPS) is 11.2. The molecule has 0 saturated heterocycles. The van der Waals surface area contributed by atoms with Crippen LogP contribution in [0.5, 0.6) is 0 Å². The lowest BCUT2D eigenvalue weighted by molar-refractivity contribution is -0.128. The fraction of sp³-hybridized carbons (Fsp3) is 0.833. The first-order valence-electron chi connectivity index (χ1n) is 3.20. The van der Waals surface area contributed by atoms with E-state index in [2.05, 4.69) is 0 Å². The van der Waals surface area contributed by atoms with Crippen molar-refractivity contribution < 1.29 is 9.28 Å². The molecule has 0 rings (SSSR count). The van der Waals surface area contributed by atoms with Crippen LogP contribution in [0.25, 0.3) is 0 Å². The van der Waals surface area contributed by atoms with Crippen LogP contribution in [0.1, 0.15) is 26.7 Å². The smallest absolute Gasteiger partial charge is 0.268 e. The van der Waals surface area contributed by atoms with E-state index in [1.165, 1.54) is 0 Å². The molecule has 0 aromatic rings. The van der Waals surface area contributed by atoms with Gasteiger partial charge in [0.15, 0.2) is 0 Å². The number of alkyl halides is 1. The summed E-state index contributed by atoms with van der Waals surface area (Å²) in [7, 11) is 0. The first-order valence-corrected chi connectivity index (χ1v) is 3.58. The topological polar surface area (TPSA) is 29.1 Å². The lowest BCUT2D eigenvalue weighted by atomic mass is 10.0. The van der Waals surface area contributed by atoms with E-state index in [1.807, 2.05) is 0 Å². The van der Waals surface area contributed by atoms with Gasteiger partial charge in [-0.05, 0) is 12.8 Å². The highest BCUT2D eigenvalue weighted by atomic mass is 35.5. The fourth-order valence-electron chi connectivity index (χ4n) is 0.656. The van der Waals surface area contributed by atoms with Gasteiger partial charge in [0.1, 0.15) is 4.87 Å². The predicted molar refractivity (Wildman–Crippen MR) is 38.4 cm³/mol. The third-order valence-corrected chi connectivity index (χ3v) is 2.32. The highest BCUT2D eigenvalue weighted by Gasteiger charge is 2.32. The molecule has 4 heteroatoms. The summed E-state index contributed by atoms with van der Waals surface area (Å²) in [6.07, 6.45) is 0.863. The third kappa shape index (κ3) is 1.84. The van der Waals surface area contributed by atoms with E-state index in [4.69, 9.17) is 11.6 Å². The van der Waals surface area contributed by atoms with Gasteiger partial charge in [-0.15, -0.1) is 16.1 Å². The van der Waals surface area contributed by atoms with E-state index in [-0.39, 0.29) is 0 Å². The minimum Gasteiger partial charge on any atom is -0.270 e. The lowest BCUT2D eigenvalue weighted by Crippen LogP contribution is -2.37. The number of carbonyl (C=O) groups is 1. The van der Waals surface area contributed by atoms with Crippen molar-refractivity contribution >= 4 is 17.5 Å². The van der Waals surface area contributed by atoms with Gasteiger partial charge in [-0.25, -0.2) is 0 Å². The summed E-state index contributed by atoms with van der Waals surface area (Å²) in [4.78, 5) is 9.62. The molecule has 0 radical (unpaired) electrons. The number of rotatable bonds is 3. The van der Waals surface area contributed by atoms with Gasteiger partial charge in [0, 0.05) is 0 Å². The Balaban J connectivity index is 4.17. The molecule has 0 saturated carbocycles. The maximum Gasteiger partial charge on any atom is 0.268 e. The average Bonchev–Trinajstić information content (AvgIpc) is 2.01. The number of carbonyl (C=O) groups excluding carboxylic acids is 1. The highest BCUT2D eigenvalue weighted by Crippen LogP contribution is 2.23. The van der Waals surface area contributed by atoms with Crippen molar-refractivity contribution in [1.82, 2.24) is 5.54 Å². The Kier molecular flexibility index (Phi) is 3.64. The zero-order valence-corrected chi connectivity index (χ0v) is 6.83. The highest BCUT2D eigenvalue weighted by molar-refractivity contribution is 6.34. The zero-order chi connectivity index (χ0) is 8.20. The van der Waals surface area contributed by atoms with Gasteiger partial charge in [-0.2, -0.15) is 5.54 Å². The van der Waals surface area contributed by atoms with Crippen molar-refractivity contribution in [2.24, 2.45) is 0 Å². The van der Waals surface area contributed by atoms with E-state index in [0.29, 0.717) is 12.8 Å². The van der Waals surface area contributed by atoms with Crippen molar-refractivity contribution in [2.75, 3.05) is 0 Å². The lowest BCUT2D eigenvalue weighted by Gasteiger charge is -2.19. The molecule has 0 aliphatic rings. The Labute approximate surface area is 64.7 Å². The van der Waals surface area contributed by atoms with Gasteiger partial charge in [0.05, 0.1) is 0 Å². The largest absolute Gasteiger partial charge is 0.270 e. The SMILES string of the molecule is CCC(Cl)(CC)C(=O)NF. The molecule has 0 aromatic carbocycles. The summed E-state index contributed by atoms with van der Waals surface area (Å²) in [6.45, 7) is 3.48. The molecular weight excluding hydrogens is 157 g/mol. The van der Waals surface area contributed by atoms with Crippen LogP contribution in [-0.2, 0) is 4.79 Å². The van der Waals surface area contributed by atoms with Crippen LogP contribution in [0.2, 0.25) is 0 Å². The fourth-order valence-corrected chi connectivity index (χ4v) is 0.692. The summed E-state index contributed by atoms with van der Waals surface area (Å²) in [5, 5.41) is 0. The van der Waals surface area contributed by atoms with E-state index in [1.54, 1.807) is 13.8 Å². The second-order valence-corrected chi connectivity index (χ2v) is 2.82. The second-order valence-electron chi connectivity index (χ2n) is 2.10. The van der Waals surface area contributed by atoms with E-state index < -0.39 is 10.8 Å². The van der Waals surface area contributed by atoms with Crippen molar-refractivity contribution in [3.63, 3.8) is 0 Å². The molecule has 10 heavy (non-hydrogen) atoms. The number of amides is 1. The van der Waals surface area contributed by atoms with Crippen LogP contribution in [0.3, 0.4) is 0 Å².